The number of aromatic amines is 1. The lowest BCUT2D eigenvalue weighted by atomic mass is 9.83. The lowest BCUT2D eigenvalue weighted by molar-refractivity contribution is 0.0927. The lowest BCUT2D eigenvalue weighted by Gasteiger charge is -2.37. The van der Waals surface area contributed by atoms with E-state index in [1.54, 1.807) is 6.07 Å². The van der Waals surface area contributed by atoms with Gasteiger partial charge in [0.25, 0.3) is 5.56 Å². The summed E-state index contributed by atoms with van der Waals surface area (Å²) in [6.45, 7) is 4.66. The molecule has 4 aromatic heterocycles. The lowest BCUT2D eigenvalue weighted by Crippen LogP contribution is -2.41. The first-order valence-electron chi connectivity index (χ1n) is 14.6. The Morgan fingerprint density at radius 1 is 1.02 bits per heavy atom. The van der Waals surface area contributed by atoms with Gasteiger partial charge in [-0.1, -0.05) is 66.9 Å². The van der Waals surface area contributed by atoms with Crippen LogP contribution in [0.3, 0.4) is 0 Å². The molecule has 1 N–H and O–H groups in total. The van der Waals surface area contributed by atoms with E-state index in [1.165, 1.54) is 16.8 Å². The summed E-state index contributed by atoms with van der Waals surface area (Å²) in [5.74, 6) is 1.51. The highest BCUT2D eigenvalue weighted by Gasteiger charge is 2.32. The summed E-state index contributed by atoms with van der Waals surface area (Å²) in [5, 5.41) is 4.16. The summed E-state index contributed by atoms with van der Waals surface area (Å²) in [4.78, 5) is 44.4. The Balaban J connectivity index is 1.48. The number of imidazole rings is 1. The second-order valence-corrected chi connectivity index (χ2v) is 11.8. The molecule has 1 aromatic carbocycles. The quantitative estimate of drug-likeness (QED) is 0.300. The molecule has 1 saturated carbocycles. The van der Waals surface area contributed by atoms with Crippen LogP contribution in [0.15, 0.2) is 62.8 Å². The number of rotatable bonds is 6. The van der Waals surface area contributed by atoms with Gasteiger partial charge in [0.2, 0.25) is 17.6 Å². The zero-order valence-electron chi connectivity index (χ0n) is 23.6. The van der Waals surface area contributed by atoms with E-state index in [1.807, 2.05) is 18.2 Å². The minimum absolute atomic E-state index is 0.0362. The molecule has 12 nitrogen and oxygen atoms in total. The van der Waals surface area contributed by atoms with Crippen LogP contribution in [0, 0.1) is 11.8 Å². The van der Waals surface area contributed by atoms with Gasteiger partial charge in [0.05, 0.1) is 24.3 Å². The first-order chi connectivity index (χ1) is 20.9. The van der Waals surface area contributed by atoms with Gasteiger partial charge < -0.3 is 14.2 Å². The maximum Gasteiger partial charge on any atom is 0.439 e. The molecule has 0 spiro atoms. The van der Waals surface area contributed by atoms with Crippen LogP contribution in [0.5, 0.6) is 0 Å². The first-order valence-corrected chi connectivity index (χ1v) is 14.9. The molecule has 1 aliphatic carbocycles. The SMILES string of the molecule is CC1CCC(Cn2c(N3CCOCC3c3ccccc3)nc3nc(-c4noc(=O)[nH]4)nc(-n4cc(Cl)ccc4=O)c32)CC1. The van der Waals surface area contributed by atoms with E-state index in [-0.39, 0.29) is 23.2 Å². The molecule has 5 heterocycles. The van der Waals surface area contributed by atoms with Crippen molar-refractivity contribution in [3.8, 4) is 17.5 Å². The van der Waals surface area contributed by atoms with Crippen molar-refractivity contribution < 1.29 is 9.26 Å². The normalized spacial score (nSPS) is 21.0. The predicted octanol–water partition coefficient (Wildman–Crippen LogP) is 4.38. The number of H-pyrrole nitrogens is 1. The third kappa shape index (κ3) is 5.36. The van der Waals surface area contributed by atoms with Gasteiger partial charge in [-0.3, -0.25) is 18.9 Å². The van der Waals surface area contributed by atoms with Crippen LogP contribution < -0.4 is 16.2 Å². The molecule has 222 valence electrons. The predicted molar refractivity (Wildman–Crippen MR) is 161 cm³/mol. The van der Waals surface area contributed by atoms with E-state index in [4.69, 9.17) is 35.8 Å². The molecule has 2 aliphatic rings. The van der Waals surface area contributed by atoms with Crippen molar-refractivity contribution in [3.05, 3.63) is 80.2 Å². The zero-order chi connectivity index (χ0) is 29.5. The Hall–Kier alpha value is -4.29. The van der Waals surface area contributed by atoms with Crippen molar-refractivity contribution in [3.63, 3.8) is 0 Å². The maximum atomic E-state index is 13.2. The number of hydrogen-bond donors (Lipinski definition) is 1. The Morgan fingerprint density at radius 2 is 1.84 bits per heavy atom. The van der Waals surface area contributed by atoms with Gasteiger partial charge in [-0.15, -0.1) is 0 Å². The summed E-state index contributed by atoms with van der Waals surface area (Å²) in [6, 6.07) is 13.1. The summed E-state index contributed by atoms with van der Waals surface area (Å²) in [7, 11) is 0. The van der Waals surface area contributed by atoms with Crippen molar-refractivity contribution in [2.24, 2.45) is 11.8 Å². The molecule has 7 rings (SSSR count). The van der Waals surface area contributed by atoms with Crippen LogP contribution >= 0.6 is 11.6 Å². The first kappa shape index (κ1) is 27.5. The van der Waals surface area contributed by atoms with E-state index in [0.29, 0.717) is 60.1 Å². The molecular weight excluding hydrogens is 572 g/mol. The van der Waals surface area contributed by atoms with E-state index < -0.39 is 5.76 Å². The zero-order valence-corrected chi connectivity index (χ0v) is 24.4. The number of morpholine rings is 1. The van der Waals surface area contributed by atoms with Crippen LogP contribution in [0.4, 0.5) is 5.95 Å². The van der Waals surface area contributed by atoms with Gasteiger partial charge in [-0.05, 0) is 36.3 Å². The molecule has 1 unspecified atom stereocenters. The van der Waals surface area contributed by atoms with Crippen molar-refractivity contribution in [2.45, 2.75) is 45.2 Å². The molecule has 13 heteroatoms. The number of pyridine rings is 1. The summed E-state index contributed by atoms with van der Waals surface area (Å²) >= 11 is 6.38. The fraction of sp³-hybridized carbons (Fsp3) is 0.400. The van der Waals surface area contributed by atoms with Crippen molar-refractivity contribution >= 4 is 28.7 Å². The number of halogens is 1. The number of anilines is 1. The van der Waals surface area contributed by atoms with Crippen molar-refractivity contribution in [1.29, 1.82) is 0 Å². The van der Waals surface area contributed by atoms with Gasteiger partial charge in [-0.2, -0.15) is 4.98 Å². The fourth-order valence-corrected chi connectivity index (χ4v) is 6.35. The number of nitrogens with zero attached hydrogens (tertiary/aromatic N) is 7. The largest absolute Gasteiger partial charge is 0.439 e. The van der Waals surface area contributed by atoms with Crippen LogP contribution in [0.1, 0.15) is 44.2 Å². The summed E-state index contributed by atoms with van der Waals surface area (Å²) in [5.41, 5.74) is 1.77. The molecule has 0 bridgehead atoms. The second kappa shape index (κ2) is 11.4. The molecular formula is C30H31ClN8O4. The Bertz CT molecular complexity index is 1870. The highest BCUT2D eigenvalue weighted by atomic mass is 35.5. The summed E-state index contributed by atoms with van der Waals surface area (Å²) < 4.78 is 14.2. The average Bonchev–Trinajstić information content (AvgIpc) is 3.63. The molecule has 1 atom stereocenters. The van der Waals surface area contributed by atoms with Gasteiger partial charge >= 0.3 is 5.76 Å². The van der Waals surface area contributed by atoms with Crippen molar-refractivity contribution in [1.82, 2.24) is 34.2 Å². The average molecular weight is 603 g/mol. The molecule has 43 heavy (non-hydrogen) atoms. The Kier molecular flexibility index (Phi) is 7.31. The van der Waals surface area contributed by atoms with Gasteiger partial charge in [0.15, 0.2) is 11.5 Å². The molecule has 5 aromatic rings. The van der Waals surface area contributed by atoms with Crippen LogP contribution in [0.25, 0.3) is 28.6 Å². The Morgan fingerprint density at radius 3 is 2.60 bits per heavy atom. The van der Waals surface area contributed by atoms with Gasteiger partial charge in [0.1, 0.15) is 5.52 Å². The van der Waals surface area contributed by atoms with Gasteiger partial charge in [0, 0.05) is 25.4 Å². The van der Waals surface area contributed by atoms with E-state index >= 15 is 0 Å². The number of aromatic nitrogens is 7. The van der Waals surface area contributed by atoms with Gasteiger partial charge in [-0.25, -0.2) is 14.8 Å². The maximum absolute atomic E-state index is 13.2. The minimum Gasteiger partial charge on any atom is -0.377 e. The van der Waals surface area contributed by atoms with Crippen LogP contribution in [-0.4, -0.2) is 54.0 Å². The fourth-order valence-electron chi connectivity index (χ4n) is 6.19. The topological polar surface area (TPSA) is 137 Å². The third-order valence-electron chi connectivity index (χ3n) is 8.47. The number of benzene rings is 1. The second-order valence-electron chi connectivity index (χ2n) is 11.4. The van der Waals surface area contributed by atoms with E-state index in [9.17, 15) is 9.59 Å². The summed E-state index contributed by atoms with van der Waals surface area (Å²) in [6.07, 6.45) is 6.05. The molecule has 0 radical (unpaired) electrons. The Labute approximate surface area is 251 Å². The minimum atomic E-state index is -0.739. The third-order valence-corrected chi connectivity index (χ3v) is 8.69. The molecule has 2 fully saturated rings. The van der Waals surface area contributed by atoms with E-state index in [2.05, 4.69) is 38.7 Å². The molecule has 1 aliphatic heterocycles. The van der Waals surface area contributed by atoms with Crippen LogP contribution in [0.2, 0.25) is 5.02 Å². The smallest absolute Gasteiger partial charge is 0.377 e. The highest BCUT2D eigenvalue weighted by Crippen LogP contribution is 2.37. The number of ether oxygens (including phenoxy) is 1. The van der Waals surface area contributed by atoms with Crippen LogP contribution in [-0.2, 0) is 11.3 Å². The monoisotopic (exact) mass is 602 g/mol. The number of nitrogens with one attached hydrogen (secondary N) is 1. The van der Waals surface area contributed by atoms with Crippen molar-refractivity contribution in [2.75, 3.05) is 24.7 Å². The highest BCUT2D eigenvalue weighted by molar-refractivity contribution is 6.30. The molecule has 0 amide bonds. The number of fused-ring (bicyclic) bond motifs is 1. The van der Waals surface area contributed by atoms with E-state index in [0.717, 1.165) is 37.2 Å². The molecule has 1 saturated heterocycles. The number of hydrogen-bond acceptors (Lipinski definition) is 9. The standard InChI is InChI=1S/C30H31ClN8O4/c1-18-7-9-19(10-8-18)15-39-24-25(34-29(39)37-13-14-42-17-22(37)20-5-3-2-4-6-20)32-26(27-35-30(41)43-36-27)33-28(24)38-16-21(31)11-12-23(38)40/h2-6,11-12,16,18-19,22H,7-10,13-15,17H2,1H3,(H,35,36,41).